The maximum Gasteiger partial charge on any atom is 0.414 e. The van der Waals surface area contributed by atoms with Crippen molar-refractivity contribution in [2.75, 3.05) is 6.26 Å². The highest BCUT2D eigenvalue weighted by Gasteiger charge is 2.38. The number of aliphatic hydroxyl groups is 1. The third kappa shape index (κ3) is 3.71. The van der Waals surface area contributed by atoms with E-state index in [1.165, 1.54) is 24.3 Å². The Morgan fingerprint density at radius 1 is 1.29 bits per heavy atom. The van der Waals surface area contributed by atoms with Crippen molar-refractivity contribution in [2.24, 2.45) is 0 Å². The van der Waals surface area contributed by atoms with Gasteiger partial charge < -0.3 is 5.11 Å². The lowest BCUT2D eigenvalue weighted by atomic mass is 10.1. The Bertz CT molecular complexity index is 494. The molecule has 0 heterocycles. The molecule has 0 fully saturated rings. The van der Waals surface area contributed by atoms with E-state index in [1.807, 2.05) is 0 Å². The van der Waals surface area contributed by atoms with Crippen LogP contribution < -0.4 is 0 Å². The molecular weight excluding hydrogens is 257 g/mol. The molecule has 0 saturated carbocycles. The second kappa shape index (κ2) is 4.66. The zero-order valence-electron chi connectivity index (χ0n) is 8.90. The van der Waals surface area contributed by atoms with Gasteiger partial charge in [0, 0.05) is 12.7 Å². The zero-order valence-corrected chi connectivity index (χ0v) is 9.72. The van der Waals surface area contributed by atoms with Crippen LogP contribution in [0.15, 0.2) is 29.2 Å². The molecule has 0 aliphatic rings. The molecule has 7 heteroatoms. The number of sulfone groups is 1. The summed E-state index contributed by atoms with van der Waals surface area (Å²) in [5, 5.41) is 8.91. The molecular formula is C10H11F3O3S. The largest absolute Gasteiger partial charge is 0.414 e. The smallest absolute Gasteiger partial charge is 0.383 e. The highest BCUT2D eigenvalue weighted by atomic mass is 32.2. The first kappa shape index (κ1) is 14.0. The number of benzene rings is 1. The number of hydrogen-bond acceptors (Lipinski definition) is 3. The van der Waals surface area contributed by atoms with Crippen molar-refractivity contribution in [1.82, 2.24) is 0 Å². The summed E-state index contributed by atoms with van der Waals surface area (Å²) in [6, 6.07) is 5.31. The van der Waals surface area contributed by atoms with Gasteiger partial charge in [-0.3, -0.25) is 0 Å². The maximum absolute atomic E-state index is 12.2. The second-order valence-corrected chi connectivity index (χ2v) is 5.63. The van der Waals surface area contributed by atoms with Gasteiger partial charge in [-0.15, -0.1) is 0 Å². The van der Waals surface area contributed by atoms with Gasteiger partial charge in [0.25, 0.3) is 0 Å². The minimum Gasteiger partial charge on any atom is -0.383 e. The second-order valence-electron chi connectivity index (χ2n) is 3.64. The Hall–Kier alpha value is -1.08. The Morgan fingerprint density at radius 2 is 1.82 bits per heavy atom. The number of hydrogen-bond donors (Lipinski definition) is 1. The van der Waals surface area contributed by atoms with Gasteiger partial charge in [0.05, 0.1) is 4.90 Å². The number of alkyl halides is 3. The van der Waals surface area contributed by atoms with Crippen LogP contribution in [0, 0.1) is 0 Å². The van der Waals surface area contributed by atoms with Crippen LogP contribution >= 0.6 is 0 Å². The van der Waals surface area contributed by atoms with Crippen LogP contribution in [0.4, 0.5) is 13.2 Å². The fraction of sp³-hybridized carbons (Fsp3) is 0.400. The third-order valence-electron chi connectivity index (χ3n) is 2.16. The summed E-state index contributed by atoms with van der Waals surface area (Å²) in [7, 11) is -3.60. The molecule has 0 aromatic heterocycles. The van der Waals surface area contributed by atoms with Crippen molar-refractivity contribution in [1.29, 1.82) is 0 Å². The minimum absolute atomic E-state index is 0.0418. The monoisotopic (exact) mass is 268 g/mol. The van der Waals surface area contributed by atoms with Crippen LogP contribution in [0.25, 0.3) is 0 Å². The summed E-state index contributed by atoms with van der Waals surface area (Å²) >= 11 is 0. The van der Waals surface area contributed by atoms with Gasteiger partial charge in [0.1, 0.15) is 0 Å². The Morgan fingerprint density at radius 3 is 2.29 bits per heavy atom. The van der Waals surface area contributed by atoms with Crippen LogP contribution in [0.1, 0.15) is 5.56 Å². The summed E-state index contributed by atoms with van der Waals surface area (Å²) in [6.45, 7) is 0. The average Bonchev–Trinajstić information content (AvgIpc) is 2.15. The molecule has 1 aromatic carbocycles. The summed E-state index contributed by atoms with van der Waals surface area (Å²) in [5.41, 5.74) is -0.0418. The molecule has 0 aliphatic heterocycles. The van der Waals surface area contributed by atoms with Crippen molar-refractivity contribution in [3.8, 4) is 0 Å². The van der Waals surface area contributed by atoms with E-state index in [1.54, 1.807) is 0 Å². The van der Waals surface area contributed by atoms with Gasteiger partial charge in [-0.2, -0.15) is 13.2 Å². The number of rotatable bonds is 3. The lowest BCUT2D eigenvalue weighted by Crippen LogP contribution is -2.31. The molecule has 0 radical (unpaired) electrons. The maximum atomic E-state index is 12.2. The Labute approximate surface area is 96.8 Å². The predicted molar refractivity (Wildman–Crippen MR) is 55.3 cm³/mol. The predicted octanol–water partition coefficient (Wildman–Crippen LogP) is 1.56. The van der Waals surface area contributed by atoms with E-state index in [2.05, 4.69) is 0 Å². The average molecular weight is 268 g/mol. The SMILES string of the molecule is CS(=O)(=O)c1ccccc1CC(O)C(F)(F)F. The molecule has 96 valence electrons. The first-order valence-electron chi connectivity index (χ1n) is 4.65. The van der Waals surface area contributed by atoms with Crippen LogP contribution in [0.2, 0.25) is 0 Å². The highest BCUT2D eigenvalue weighted by Crippen LogP contribution is 2.25. The van der Waals surface area contributed by atoms with E-state index in [0.29, 0.717) is 0 Å². The van der Waals surface area contributed by atoms with Gasteiger partial charge in [0.15, 0.2) is 15.9 Å². The summed E-state index contributed by atoms with van der Waals surface area (Å²) in [4.78, 5) is -0.191. The van der Waals surface area contributed by atoms with E-state index in [0.717, 1.165) is 6.26 Å². The first-order chi connectivity index (χ1) is 7.62. The molecule has 0 bridgehead atoms. The molecule has 1 N–H and O–H groups in total. The van der Waals surface area contributed by atoms with Gasteiger partial charge in [-0.25, -0.2) is 8.42 Å². The molecule has 0 spiro atoms. The molecule has 0 saturated heterocycles. The Balaban J connectivity index is 3.09. The standard InChI is InChI=1S/C10H11F3O3S/c1-17(15,16)8-5-3-2-4-7(8)6-9(14)10(11,12)13/h2-5,9,14H,6H2,1H3. The van der Waals surface area contributed by atoms with Crippen molar-refractivity contribution < 1.29 is 26.7 Å². The number of halogens is 3. The third-order valence-corrected chi connectivity index (χ3v) is 3.36. The van der Waals surface area contributed by atoms with E-state index in [4.69, 9.17) is 5.11 Å². The van der Waals surface area contributed by atoms with E-state index in [9.17, 15) is 21.6 Å². The van der Waals surface area contributed by atoms with Crippen molar-refractivity contribution in [3.63, 3.8) is 0 Å². The molecule has 3 nitrogen and oxygen atoms in total. The van der Waals surface area contributed by atoms with Crippen molar-refractivity contribution >= 4 is 9.84 Å². The summed E-state index contributed by atoms with van der Waals surface area (Å²) in [5.74, 6) is 0. The fourth-order valence-corrected chi connectivity index (χ4v) is 2.31. The van der Waals surface area contributed by atoms with Gasteiger partial charge >= 0.3 is 6.18 Å². The highest BCUT2D eigenvalue weighted by molar-refractivity contribution is 7.90. The van der Waals surface area contributed by atoms with Gasteiger partial charge in [-0.1, -0.05) is 18.2 Å². The molecule has 1 rings (SSSR count). The van der Waals surface area contributed by atoms with Crippen molar-refractivity contribution in [2.45, 2.75) is 23.6 Å². The van der Waals surface area contributed by atoms with Crippen LogP contribution in [-0.2, 0) is 16.3 Å². The molecule has 0 aliphatic carbocycles. The van der Waals surface area contributed by atoms with E-state index >= 15 is 0 Å². The fourth-order valence-electron chi connectivity index (χ4n) is 1.36. The Kier molecular flexibility index (Phi) is 3.83. The van der Waals surface area contributed by atoms with Crippen LogP contribution in [0.5, 0.6) is 0 Å². The quantitative estimate of drug-likeness (QED) is 0.905. The van der Waals surface area contributed by atoms with Gasteiger partial charge in [-0.05, 0) is 11.6 Å². The molecule has 1 unspecified atom stereocenters. The normalized spacial score (nSPS) is 14.6. The minimum atomic E-state index is -4.76. The van der Waals surface area contributed by atoms with Crippen LogP contribution in [0.3, 0.4) is 0 Å². The van der Waals surface area contributed by atoms with Crippen LogP contribution in [-0.4, -0.2) is 32.1 Å². The molecule has 1 aromatic rings. The lowest BCUT2D eigenvalue weighted by molar-refractivity contribution is -0.203. The van der Waals surface area contributed by atoms with E-state index < -0.39 is 28.5 Å². The lowest BCUT2D eigenvalue weighted by Gasteiger charge is -2.15. The summed E-state index contributed by atoms with van der Waals surface area (Å²) in [6.07, 6.45) is -7.19. The molecule has 17 heavy (non-hydrogen) atoms. The molecule has 1 atom stereocenters. The zero-order chi connectivity index (χ0) is 13.3. The summed E-state index contributed by atoms with van der Waals surface area (Å²) < 4.78 is 59.1. The van der Waals surface area contributed by atoms with Crippen molar-refractivity contribution in [3.05, 3.63) is 29.8 Å². The number of aliphatic hydroxyl groups excluding tert-OH is 1. The topological polar surface area (TPSA) is 54.4 Å². The van der Waals surface area contributed by atoms with E-state index in [-0.39, 0.29) is 10.5 Å². The first-order valence-corrected chi connectivity index (χ1v) is 6.54. The van der Waals surface area contributed by atoms with Gasteiger partial charge in [0.2, 0.25) is 0 Å². The molecule has 0 amide bonds.